The van der Waals surface area contributed by atoms with Crippen LogP contribution in [0.1, 0.15) is 38.2 Å². The quantitative estimate of drug-likeness (QED) is 0.596. The van der Waals surface area contributed by atoms with Crippen LogP contribution < -0.4 is 19.7 Å². The summed E-state index contributed by atoms with van der Waals surface area (Å²) >= 11 is 0. The maximum atomic E-state index is 9.60. The zero-order chi connectivity index (χ0) is 20.1. The number of ether oxygens (including phenoxy) is 2. The molecule has 1 saturated carbocycles. The molecule has 0 amide bonds. The summed E-state index contributed by atoms with van der Waals surface area (Å²) < 4.78 is 12.0. The van der Waals surface area contributed by atoms with Crippen molar-refractivity contribution in [2.75, 3.05) is 24.6 Å². The van der Waals surface area contributed by atoms with Gasteiger partial charge >= 0.3 is 0 Å². The molecule has 2 unspecified atom stereocenters. The molecule has 2 aromatic carbocycles. The molecule has 0 bridgehead atoms. The lowest BCUT2D eigenvalue weighted by Crippen LogP contribution is -2.27. The third-order valence-corrected chi connectivity index (χ3v) is 5.68. The van der Waals surface area contributed by atoms with E-state index in [0.717, 1.165) is 49.1 Å². The van der Waals surface area contributed by atoms with Gasteiger partial charge in [0.1, 0.15) is 23.8 Å². The molecule has 2 aromatic rings. The summed E-state index contributed by atoms with van der Waals surface area (Å²) in [6.45, 7) is 5.37. The van der Waals surface area contributed by atoms with Crippen LogP contribution >= 0.6 is 0 Å². The number of hydrogen-bond acceptors (Lipinski definition) is 5. The van der Waals surface area contributed by atoms with Gasteiger partial charge in [0.25, 0.3) is 0 Å². The molecule has 1 aliphatic carbocycles. The molecule has 0 aromatic heterocycles. The highest BCUT2D eigenvalue weighted by molar-refractivity contribution is 5.50. The van der Waals surface area contributed by atoms with E-state index in [2.05, 4.69) is 46.6 Å². The van der Waals surface area contributed by atoms with Crippen molar-refractivity contribution < 1.29 is 14.6 Å². The van der Waals surface area contributed by atoms with E-state index in [-0.39, 0.29) is 6.10 Å². The first-order valence-corrected chi connectivity index (χ1v) is 10.8. The van der Waals surface area contributed by atoms with Crippen molar-refractivity contribution in [3.05, 3.63) is 54.1 Å². The fourth-order valence-corrected chi connectivity index (χ4v) is 3.57. The van der Waals surface area contributed by atoms with E-state index in [1.807, 2.05) is 19.1 Å². The van der Waals surface area contributed by atoms with Crippen LogP contribution in [0.2, 0.25) is 0 Å². The van der Waals surface area contributed by atoms with Crippen LogP contribution in [-0.2, 0) is 6.54 Å². The lowest BCUT2D eigenvalue weighted by molar-refractivity contribution is 0.131. The molecule has 1 heterocycles. The molecule has 156 valence electrons. The van der Waals surface area contributed by atoms with Crippen molar-refractivity contribution in [2.45, 2.75) is 51.5 Å². The van der Waals surface area contributed by atoms with Gasteiger partial charge in [0.15, 0.2) is 0 Å². The third kappa shape index (κ3) is 5.87. The lowest BCUT2D eigenvalue weighted by atomic mass is 10.2. The third-order valence-electron chi connectivity index (χ3n) is 5.68. The molecule has 2 fully saturated rings. The van der Waals surface area contributed by atoms with Crippen LogP contribution in [0.5, 0.6) is 11.5 Å². The summed E-state index contributed by atoms with van der Waals surface area (Å²) in [6, 6.07) is 16.6. The Hall–Kier alpha value is -2.24. The topological polar surface area (TPSA) is 54.0 Å². The zero-order valence-electron chi connectivity index (χ0n) is 17.2. The Morgan fingerprint density at radius 3 is 2.45 bits per heavy atom. The average Bonchev–Trinajstić information content (AvgIpc) is 3.48. The van der Waals surface area contributed by atoms with E-state index in [1.165, 1.54) is 18.5 Å². The van der Waals surface area contributed by atoms with Crippen molar-refractivity contribution in [3.8, 4) is 11.5 Å². The Kier molecular flexibility index (Phi) is 6.57. The summed E-state index contributed by atoms with van der Waals surface area (Å²) in [5, 5.41) is 12.7. The van der Waals surface area contributed by atoms with Crippen molar-refractivity contribution >= 4 is 5.69 Å². The van der Waals surface area contributed by atoms with E-state index in [1.54, 1.807) is 0 Å². The van der Waals surface area contributed by atoms with Gasteiger partial charge < -0.3 is 19.5 Å². The Balaban J connectivity index is 1.24. The molecule has 5 nitrogen and oxygen atoms in total. The van der Waals surface area contributed by atoms with Crippen LogP contribution in [0.4, 0.5) is 5.69 Å². The maximum absolute atomic E-state index is 9.60. The van der Waals surface area contributed by atoms with Crippen molar-refractivity contribution in [1.29, 1.82) is 0 Å². The highest BCUT2D eigenvalue weighted by atomic mass is 16.5. The van der Waals surface area contributed by atoms with Crippen molar-refractivity contribution in [1.82, 2.24) is 5.32 Å². The van der Waals surface area contributed by atoms with Crippen molar-refractivity contribution in [3.63, 3.8) is 0 Å². The van der Waals surface area contributed by atoms with E-state index in [4.69, 9.17) is 9.47 Å². The van der Waals surface area contributed by atoms with Crippen LogP contribution in [0.3, 0.4) is 0 Å². The smallest absolute Gasteiger partial charge is 0.119 e. The molecule has 1 aliphatic heterocycles. The van der Waals surface area contributed by atoms with Crippen LogP contribution in [0.25, 0.3) is 0 Å². The Labute approximate surface area is 173 Å². The molecule has 5 heteroatoms. The summed E-state index contributed by atoms with van der Waals surface area (Å²) in [6.07, 6.45) is 4.10. The molecule has 2 aliphatic rings. The SMILES string of the molecule is CCC(O)NCc1ccc(OC2CCN(c3ccc(OCC4CC4)cc3)C2)cc1. The molecular formula is C24H32N2O3. The molecule has 0 spiro atoms. The molecule has 2 atom stereocenters. The zero-order valence-corrected chi connectivity index (χ0v) is 17.2. The summed E-state index contributed by atoms with van der Waals surface area (Å²) in [5.41, 5.74) is 2.37. The number of anilines is 1. The van der Waals surface area contributed by atoms with E-state index in [9.17, 15) is 5.11 Å². The second kappa shape index (κ2) is 9.51. The minimum Gasteiger partial charge on any atom is -0.493 e. The van der Waals surface area contributed by atoms with Crippen molar-refractivity contribution in [2.24, 2.45) is 5.92 Å². The lowest BCUT2D eigenvalue weighted by Gasteiger charge is -2.19. The number of aliphatic hydroxyl groups excluding tert-OH is 1. The number of benzene rings is 2. The summed E-state index contributed by atoms with van der Waals surface area (Å²) in [4.78, 5) is 2.37. The highest BCUT2D eigenvalue weighted by Crippen LogP contribution is 2.30. The highest BCUT2D eigenvalue weighted by Gasteiger charge is 2.25. The molecule has 2 N–H and O–H groups in total. The first-order chi connectivity index (χ1) is 14.2. The largest absolute Gasteiger partial charge is 0.493 e. The van der Waals surface area contributed by atoms with Crippen LogP contribution in [0, 0.1) is 5.92 Å². The normalized spacial score (nSPS) is 19.9. The Bertz CT molecular complexity index is 759. The van der Waals surface area contributed by atoms with Gasteiger partial charge in [-0.3, -0.25) is 5.32 Å². The monoisotopic (exact) mass is 396 g/mol. The average molecular weight is 397 g/mol. The molecule has 29 heavy (non-hydrogen) atoms. The van der Waals surface area contributed by atoms with E-state index >= 15 is 0 Å². The van der Waals surface area contributed by atoms with Gasteiger partial charge in [-0.15, -0.1) is 0 Å². The second-order valence-corrected chi connectivity index (χ2v) is 8.17. The molecule has 4 rings (SSSR count). The fourth-order valence-electron chi connectivity index (χ4n) is 3.57. The number of nitrogens with zero attached hydrogens (tertiary/aromatic N) is 1. The number of rotatable bonds is 10. The van der Waals surface area contributed by atoms with Gasteiger partial charge in [-0.1, -0.05) is 19.1 Å². The van der Waals surface area contributed by atoms with Gasteiger partial charge in [0.2, 0.25) is 0 Å². The predicted octanol–water partition coefficient (Wildman–Crippen LogP) is 3.95. The Morgan fingerprint density at radius 1 is 1.03 bits per heavy atom. The minimum absolute atomic E-state index is 0.201. The van der Waals surface area contributed by atoms with Gasteiger partial charge in [-0.05, 0) is 67.1 Å². The fraction of sp³-hybridized carbons (Fsp3) is 0.500. The molecule has 1 saturated heterocycles. The summed E-state index contributed by atoms with van der Waals surface area (Å²) in [5.74, 6) is 2.65. The first-order valence-electron chi connectivity index (χ1n) is 10.8. The van der Waals surface area contributed by atoms with Gasteiger partial charge in [0.05, 0.1) is 13.2 Å². The van der Waals surface area contributed by atoms with Crippen LogP contribution in [-0.4, -0.2) is 37.1 Å². The van der Waals surface area contributed by atoms with Gasteiger partial charge in [-0.2, -0.15) is 0 Å². The number of nitrogens with one attached hydrogen (secondary N) is 1. The standard InChI is InChI=1S/C24H32N2O3/c1-2-24(27)25-15-18-5-9-22(10-6-18)29-23-13-14-26(16-23)20-7-11-21(12-8-20)28-17-19-3-4-19/h5-12,19,23-25,27H,2-4,13-17H2,1H3. The Morgan fingerprint density at radius 2 is 1.76 bits per heavy atom. The van der Waals surface area contributed by atoms with Crippen LogP contribution in [0.15, 0.2) is 48.5 Å². The number of hydrogen-bond donors (Lipinski definition) is 2. The number of aliphatic hydroxyl groups is 1. The van der Waals surface area contributed by atoms with Gasteiger partial charge in [0, 0.05) is 25.2 Å². The first kappa shape index (κ1) is 20.0. The summed E-state index contributed by atoms with van der Waals surface area (Å²) in [7, 11) is 0. The van der Waals surface area contributed by atoms with E-state index in [0.29, 0.717) is 13.0 Å². The predicted molar refractivity (Wildman–Crippen MR) is 115 cm³/mol. The maximum Gasteiger partial charge on any atom is 0.119 e. The molecule has 0 radical (unpaired) electrons. The minimum atomic E-state index is -0.450. The van der Waals surface area contributed by atoms with Gasteiger partial charge in [-0.25, -0.2) is 0 Å². The van der Waals surface area contributed by atoms with E-state index < -0.39 is 6.23 Å². The molecular weight excluding hydrogens is 364 g/mol. The second-order valence-electron chi connectivity index (χ2n) is 8.17.